The number of aliphatic carboxylic acids is 2. The summed E-state index contributed by atoms with van der Waals surface area (Å²) in [6, 6.07) is 7.15. The third-order valence-corrected chi connectivity index (χ3v) is 8.47. The number of nitrogens with zero attached hydrogens (tertiary/aromatic N) is 4. The molecule has 0 saturated heterocycles. The van der Waals surface area contributed by atoms with Gasteiger partial charge in [-0.25, -0.2) is 9.97 Å². The van der Waals surface area contributed by atoms with E-state index in [2.05, 4.69) is 0 Å². The van der Waals surface area contributed by atoms with Gasteiger partial charge in [-0.2, -0.15) is 0 Å². The van der Waals surface area contributed by atoms with Crippen LogP contribution in [-0.4, -0.2) is 44.3 Å². The van der Waals surface area contributed by atoms with Gasteiger partial charge in [0, 0.05) is 23.1 Å². The molecule has 46 heavy (non-hydrogen) atoms. The summed E-state index contributed by atoms with van der Waals surface area (Å²) in [6.07, 6.45) is -1.73. The number of aromatic nitrogens is 4. The Kier molecular flexibility index (Phi) is 11.5. The van der Waals surface area contributed by atoms with E-state index in [9.17, 15) is 30.0 Å². The molecule has 2 atom stereocenters. The molecule has 2 aliphatic heterocycles. The van der Waals surface area contributed by atoms with E-state index in [1.54, 1.807) is 32.0 Å². The average molecular weight is 688 g/mol. The monoisotopic (exact) mass is 687 g/mol. The van der Waals surface area contributed by atoms with Crippen LogP contribution in [0.1, 0.15) is 88.4 Å². The Bertz CT molecular complexity index is 1950. The van der Waals surface area contributed by atoms with E-state index >= 15 is 0 Å². The minimum Gasteiger partial charge on any atom is -1.00 e. The molecule has 0 spiro atoms. The summed E-state index contributed by atoms with van der Waals surface area (Å²) in [6.45, 7) is 10.8. The topological polar surface area (TPSA) is 175 Å². The van der Waals surface area contributed by atoms with Gasteiger partial charge in [0.2, 0.25) is 0 Å². The molecule has 0 aliphatic carbocycles. The summed E-state index contributed by atoms with van der Waals surface area (Å²) in [5, 5.41) is 44.3. The first-order valence-corrected chi connectivity index (χ1v) is 14.6. The molecule has 2 unspecified atom stereocenters. The number of carboxylic acids is 2. The van der Waals surface area contributed by atoms with Gasteiger partial charge < -0.3 is 52.4 Å². The molecule has 12 heteroatoms. The Balaban J connectivity index is 0.00000288. The molecule has 0 aromatic carbocycles. The number of aryl methyl sites for hydroxylation is 4. The van der Waals surface area contributed by atoms with E-state index in [1.807, 2.05) is 33.8 Å². The second kappa shape index (κ2) is 14.4. The smallest absolute Gasteiger partial charge is 1.00 e. The standard InChI is InChI=1S/C34H38N4O6.ClH.Fe/c1-15-21(7-9-31(41)42)27-14-28-22(8-10-32(43)44)16(2)24(36-28)12-29-34(20(6)40)18(4)26(38-29)13-30-33(19(5)39)17(3)25(37-30)11-23(15)35-27;;/h11-14,19-20,39-40H,7-10H2,1-6H3,(H4,35,36,37,38,41,42,43,44);1H;/q;;+3/p-3. The molecule has 2 N–H and O–H groups in total. The summed E-state index contributed by atoms with van der Waals surface area (Å²) in [5.74, 6) is -2.37. The summed E-state index contributed by atoms with van der Waals surface area (Å²) >= 11 is 0. The van der Waals surface area contributed by atoms with E-state index in [1.165, 1.54) is 0 Å². The number of carboxylic acid groups (broad SMARTS) is 2. The fourth-order valence-corrected chi connectivity index (χ4v) is 6.14. The van der Waals surface area contributed by atoms with Crippen LogP contribution in [0.4, 0.5) is 0 Å². The van der Waals surface area contributed by atoms with Crippen molar-refractivity contribution in [2.45, 2.75) is 79.4 Å². The third kappa shape index (κ3) is 6.99. The van der Waals surface area contributed by atoms with Crippen LogP contribution in [0.5, 0.6) is 0 Å². The average Bonchev–Trinajstić information content (AvgIpc) is 3.59. The molecular weight excluding hydrogens is 652 g/mol. The van der Waals surface area contributed by atoms with Crippen molar-refractivity contribution in [1.29, 1.82) is 0 Å². The van der Waals surface area contributed by atoms with Crippen LogP contribution in [-0.2, 0) is 39.5 Å². The van der Waals surface area contributed by atoms with Crippen LogP contribution in [0.3, 0.4) is 0 Å². The SMILES string of the molecule is CC1=C(C(C)O)c2cc3nc(cc4[n-]c(cc5[n-]c(cc1n2)c(C)c5CCC(=O)[O-])c(CCC(=O)[O-])c4C)C(C(C)O)=C3C.[Cl-].[Fe+3].[H+].[H+]. The number of aliphatic hydroxyl groups excluding tert-OH is 2. The first-order valence-electron chi connectivity index (χ1n) is 14.6. The summed E-state index contributed by atoms with van der Waals surface area (Å²) in [5.41, 5.74) is 10.2. The molecule has 0 saturated carbocycles. The van der Waals surface area contributed by atoms with Gasteiger partial charge in [0.15, 0.2) is 0 Å². The van der Waals surface area contributed by atoms with Crippen molar-refractivity contribution in [2.75, 3.05) is 0 Å². The van der Waals surface area contributed by atoms with Crippen molar-refractivity contribution < 1.29 is 62.3 Å². The molecule has 10 nitrogen and oxygen atoms in total. The molecule has 0 fully saturated rings. The van der Waals surface area contributed by atoms with E-state index in [0.717, 1.165) is 22.3 Å². The number of hydrogen-bond donors (Lipinski definition) is 2. The fraction of sp³-hybridized carbons (Fsp3) is 0.353. The Morgan fingerprint density at radius 3 is 1.46 bits per heavy atom. The van der Waals surface area contributed by atoms with Gasteiger partial charge in [-0.05, 0) is 84.4 Å². The van der Waals surface area contributed by atoms with Gasteiger partial charge in [-0.15, -0.1) is 22.1 Å². The number of aliphatic hydroxyl groups is 2. The van der Waals surface area contributed by atoms with Gasteiger partial charge in [0.25, 0.3) is 0 Å². The largest absolute Gasteiger partial charge is 3.00 e. The molecule has 2 aliphatic rings. The number of carbonyl (C=O) groups excluding carboxylic acids is 2. The number of halogens is 1. The van der Waals surface area contributed by atoms with Crippen LogP contribution >= 0.6 is 0 Å². The molecule has 243 valence electrons. The first-order chi connectivity index (χ1) is 20.8. The van der Waals surface area contributed by atoms with Gasteiger partial charge >= 0.3 is 19.9 Å². The number of rotatable bonds is 8. The van der Waals surface area contributed by atoms with Gasteiger partial charge in [-0.1, -0.05) is 40.5 Å². The number of allylic oxidation sites excluding steroid dienone is 2. The van der Waals surface area contributed by atoms with Crippen molar-refractivity contribution in [2.24, 2.45) is 0 Å². The Hall–Kier alpha value is -3.73. The molecule has 3 aromatic rings. The minimum absolute atomic E-state index is 0. The van der Waals surface area contributed by atoms with Crippen LogP contribution in [0, 0.1) is 13.8 Å². The number of carbonyl (C=O) groups is 2. The predicted molar refractivity (Wildman–Crippen MR) is 166 cm³/mol. The number of fused-ring (bicyclic) bond motifs is 8. The second-order valence-corrected chi connectivity index (χ2v) is 11.5. The van der Waals surface area contributed by atoms with Crippen molar-refractivity contribution in [1.82, 2.24) is 19.9 Å². The van der Waals surface area contributed by atoms with Crippen molar-refractivity contribution in [3.8, 4) is 0 Å². The maximum Gasteiger partial charge on any atom is 3.00 e. The quantitative estimate of drug-likeness (QED) is 0.291. The van der Waals surface area contributed by atoms with E-state index in [-0.39, 0.29) is 58.0 Å². The summed E-state index contributed by atoms with van der Waals surface area (Å²) in [4.78, 5) is 42.3. The maximum atomic E-state index is 11.4. The molecule has 1 radical (unpaired) electrons. The Labute approximate surface area is 286 Å². The zero-order valence-electron chi connectivity index (χ0n) is 28.3. The van der Waals surface area contributed by atoms with Crippen molar-refractivity contribution in [3.05, 3.63) is 69.3 Å². The fourth-order valence-electron chi connectivity index (χ4n) is 6.14. The van der Waals surface area contributed by atoms with Crippen molar-refractivity contribution in [3.63, 3.8) is 0 Å². The first kappa shape index (κ1) is 36.7. The van der Waals surface area contributed by atoms with E-state index in [4.69, 9.17) is 19.9 Å². The number of hydrogen-bond acceptors (Lipinski definition) is 8. The molecule has 5 heterocycles. The molecule has 8 bridgehead atoms. The minimum atomic E-state index is -1.19. The molecule has 3 aromatic heterocycles. The predicted octanol–water partition coefficient (Wildman–Crippen LogP) is -0.596. The second-order valence-electron chi connectivity index (χ2n) is 11.5. The zero-order valence-corrected chi connectivity index (χ0v) is 28.2. The van der Waals surface area contributed by atoms with Gasteiger partial charge in [0.1, 0.15) is 0 Å². The van der Waals surface area contributed by atoms with Crippen LogP contribution in [0.2, 0.25) is 0 Å². The maximum absolute atomic E-state index is 11.4. The Morgan fingerprint density at radius 1 is 0.696 bits per heavy atom. The molecule has 5 rings (SSSR count). The molecular formula is C34H36ClFeN4O6. The van der Waals surface area contributed by atoms with Crippen molar-refractivity contribution >= 4 is 56.3 Å². The van der Waals surface area contributed by atoms with Gasteiger partial charge in [0.05, 0.1) is 35.0 Å². The van der Waals surface area contributed by atoms with E-state index in [0.29, 0.717) is 67.1 Å². The van der Waals surface area contributed by atoms with E-state index < -0.39 is 24.1 Å². The van der Waals surface area contributed by atoms with Gasteiger partial charge in [-0.3, -0.25) is 0 Å². The van der Waals surface area contributed by atoms with Crippen LogP contribution in [0.25, 0.3) is 44.4 Å². The Morgan fingerprint density at radius 2 is 1.07 bits per heavy atom. The van der Waals surface area contributed by atoms with Crippen LogP contribution < -0.4 is 32.6 Å². The van der Waals surface area contributed by atoms with Crippen LogP contribution in [0.15, 0.2) is 24.3 Å². The zero-order chi connectivity index (χ0) is 32.0. The summed E-state index contributed by atoms with van der Waals surface area (Å²) < 4.78 is 0. The third-order valence-electron chi connectivity index (χ3n) is 8.47. The summed E-state index contributed by atoms with van der Waals surface area (Å²) in [7, 11) is 0. The molecule has 0 amide bonds. The normalized spacial score (nSPS) is 14.1.